The molecule has 0 aromatic heterocycles. The van der Waals surface area contributed by atoms with E-state index >= 15 is 0 Å². The highest BCUT2D eigenvalue weighted by molar-refractivity contribution is 5.77. The number of rotatable bonds is 5. The van der Waals surface area contributed by atoms with Crippen LogP contribution < -0.4 is 10.6 Å². The Kier molecular flexibility index (Phi) is 6.17. The van der Waals surface area contributed by atoms with Gasteiger partial charge in [-0.3, -0.25) is 10.1 Å². The van der Waals surface area contributed by atoms with Crippen LogP contribution in [0, 0.1) is 0 Å². The summed E-state index contributed by atoms with van der Waals surface area (Å²) in [5.41, 5.74) is 0.305. The molecule has 1 rings (SSSR count). The molecule has 0 spiro atoms. The van der Waals surface area contributed by atoms with Crippen LogP contribution in [0.2, 0.25) is 0 Å². The topological polar surface area (TPSA) is 87.7 Å². The van der Waals surface area contributed by atoms with Crippen LogP contribution in [-0.2, 0) is 16.1 Å². The fourth-order valence-corrected chi connectivity index (χ4v) is 1.54. The molecule has 1 aromatic rings. The zero-order chi connectivity index (χ0) is 15.9. The standard InChI is InChI=1S/C15H22N2O4/c1-15(2,3)21-14(20)17-13(19)9-12(18)16-10-11-7-5-4-6-8-11/h4-8,13,19H,9-10H2,1-3H3,(H,16,18)(H,17,20)/t13-/m1/s1. The second-order valence-corrected chi connectivity index (χ2v) is 5.63. The van der Waals surface area contributed by atoms with Gasteiger partial charge in [-0.05, 0) is 26.3 Å². The highest BCUT2D eigenvalue weighted by atomic mass is 16.6. The van der Waals surface area contributed by atoms with Gasteiger partial charge in [-0.2, -0.15) is 0 Å². The molecule has 0 fully saturated rings. The number of carbonyl (C=O) groups is 2. The molecule has 1 aromatic carbocycles. The number of ether oxygens (including phenoxy) is 1. The number of hydrogen-bond donors (Lipinski definition) is 3. The van der Waals surface area contributed by atoms with E-state index in [1.54, 1.807) is 20.8 Å². The van der Waals surface area contributed by atoms with Gasteiger partial charge < -0.3 is 15.2 Å². The predicted molar refractivity (Wildman–Crippen MR) is 78.3 cm³/mol. The van der Waals surface area contributed by atoms with E-state index in [1.165, 1.54) is 0 Å². The monoisotopic (exact) mass is 294 g/mol. The number of nitrogens with one attached hydrogen (secondary N) is 2. The molecular formula is C15H22N2O4. The van der Waals surface area contributed by atoms with Crippen LogP contribution in [0.15, 0.2) is 30.3 Å². The van der Waals surface area contributed by atoms with Crippen molar-refractivity contribution >= 4 is 12.0 Å². The lowest BCUT2D eigenvalue weighted by Crippen LogP contribution is -2.41. The first-order valence-electron chi connectivity index (χ1n) is 6.74. The van der Waals surface area contributed by atoms with E-state index in [2.05, 4.69) is 10.6 Å². The third kappa shape index (κ3) is 7.94. The van der Waals surface area contributed by atoms with Crippen molar-refractivity contribution in [2.24, 2.45) is 0 Å². The Morgan fingerprint density at radius 1 is 1.24 bits per heavy atom. The molecule has 0 aliphatic rings. The average molecular weight is 294 g/mol. The molecule has 0 heterocycles. The highest BCUT2D eigenvalue weighted by Crippen LogP contribution is 2.06. The van der Waals surface area contributed by atoms with E-state index in [9.17, 15) is 14.7 Å². The van der Waals surface area contributed by atoms with Crippen LogP contribution >= 0.6 is 0 Å². The van der Waals surface area contributed by atoms with Gasteiger partial charge >= 0.3 is 6.09 Å². The fraction of sp³-hybridized carbons (Fsp3) is 0.467. The molecular weight excluding hydrogens is 272 g/mol. The number of amides is 2. The van der Waals surface area contributed by atoms with Crippen LogP contribution in [0.3, 0.4) is 0 Å². The predicted octanol–water partition coefficient (Wildman–Crippen LogP) is 1.54. The minimum absolute atomic E-state index is 0.230. The Bertz CT molecular complexity index is 468. The van der Waals surface area contributed by atoms with Crippen LogP contribution in [-0.4, -0.2) is 28.9 Å². The summed E-state index contributed by atoms with van der Waals surface area (Å²) in [5.74, 6) is -0.359. The summed E-state index contributed by atoms with van der Waals surface area (Å²) in [6, 6.07) is 9.41. The van der Waals surface area contributed by atoms with Crippen LogP contribution in [0.25, 0.3) is 0 Å². The van der Waals surface area contributed by atoms with Gasteiger partial charge in [0.05, 0.1) is 6.42 Å². The van der Waals surface area contributed by atoms with Crippen molar-refractivity contribution in [3.8, 4) is 0 Å². The lowest BCUT2D eigenvalue weighted by molar-refractivity contribution is -0.123. The Labute approximate surface area is 124 Å². The molecule has 6 nitrogen and oxygen atoms in total. The lowest BCUT2D eigenvalue weighted by Gasteiger charge is -2.21. The highest BCUT2D eigenvalue weighted by Gasteiger charge is 2.19. The van der Waals surface area contributed by atoms with Crippen LogP contribution in [0.4, 0.5) is 4.79 Å². The number of aliphatic hydroxyl groups is 1. The molecule has 116 valence electrons. The molecule has 0 saturated carbocycles. The molecule has 0 aliphatic heterocycles. The summed E-state index contributed by atoms with van der Waals surface area (Å²) in [6.45, 7) is 5.52. The summed E-state index contributed by atoms with van der Waals surface area (Å²) < 4.78 is 4.98. The summed E-state index contributed by atoms with van der Waals surface area (Å²) in [5, 5.41) is 14.5. The maximum atomic E-state index is 11.6. The van der Waals surface area contributed by atoms with Crippen molar-refractivity contribution in [2.75, 3.05) is 0 Å². The van der Waals surface area contributed by atoms with Crippen molar-refractivity contribution in [2.45, 2.75) is 45.6 Å². The van der Waals surface area contributed by atoms with Gasteiger partial charge in [0.2, 0.25) is 5.91 Å². The maximum Gasteiger partial charge on any atom is 0.409 e. The van der Waals surface area contributed by atoms with Gasteiger partial charge in [0.1, 0.15) is 11.8 Å². The Balaban J connectivity index is 2.29. The fourth-order valence-electron chi connectivity index (χ4n) is 1.54. The van der Waals surface area contributed by atoms with Crippen LogP contribution in [0.1, 0.15) is 32.8 Å². The normalized spacial score (nSPS) is 12.4. The Hall–Kier alpha value is -2.08. The molecule has 6 heteroatoms. The van der Waals surface area contributed by atoms with Gasteiger partial charge in [-0.25, -0.2) is 4.79 Å². The van der Waals surface area contributed by atoms with Gasteiger partial charge in [-0.1, -0.05) is 30.3 Å². The number of hydrogen-bond acceptors (Lipinski definition) is 4. The summed E-state index contributed by atoms with van der Waals surface area (Å²) in [7, 11) is 0. The lowest BCUT2D eigenvalue weighted by atomic mass is 10.2. The van der Waals surface area contributed by atoms with Crippen molar-refractivity contribution in [3.05, 3.63) is 35.9 Å². The van der Waals surface area contributed by atoms with Crippen molar-refractivity contribution < 1.29 is 19.4 Å². The van der Waals surface area contributed by atoms with E-state index in [0.717, 1.165) is 5.56 Å². The zero-order valence-corrected chi connectivity index (χ0v) is 12.6. The Morgan fingerprint density at radius 3 is 2.43 bits per heavy atom. The molecule has 0 bridgehead atoms. The quantitative estimate of drug-likeness (QED) is 0.719. The second kappa shape index (κ2) is 7.64. The number of carbonyl (C=O) groups excluding carboxylic acids is 2. The number of alkyl carbamates (subject to hydrolysis) is 1. The molecule has 0 unspecified atom stereocenters. The summed E-state index contributed by atoms with van der Waals surface area (Å²) in [4.78, 5) is 23.0. The first kappa shape index (κ1) is 17.0. The second-order valence-electron chi connectivity index (χ2n) is 5.63. The van der Waals surface area contributed by atoms with Crippen molar-refractivity contribution in [1.82, 2.24) is 10.6 Å². The van der Waals surface area contributed by atoms with Gasteiger partial charge in [0.25, 0.3) is 0 Å². The summed E-state index contributed by atoms with van der Waals surface area (Å²) in [6.07, 6.45) is -2.27. The van der Waals surface area contributed by atoms with Crippen LogP contribution in [0.5, 0.6) is 0 Å². The molecule has 0 saturated heterocycles. The average Bonchev–Trinajstić information content (AvgIpc) is 2.35. The van der Waals surface area contributed by atoms with Gasteiger partial charge in [-0.15, -0.1) is 0 Å². The number of benzene rings is 1. The Morgan fingerprint density at radius 2 is 1.86 bits per heavy atom. The SMILES string of the molecule is CC(C)(C)OC(=O)N[C@H](O)CC(=O)NCc1ccccc1. The molecule has 0 aliphatic carbocycles. The van der Waals surface area contributed by atoms with Crippen molar-refractivity contribution in [3.63, 3.8) is 0 Å². The third-order valence-electron chi connectivity index (χ3n) is 2.39. The van der Waals surface area contributed by atoms with Gasteiger partial charge in [0.15, 0.2) is 0 Å². The van der Waals surface area contributed by atoms with E-state index in [1.807, 2.05) is 30.3 Å². The zero-order valence-electron chi connectivity index (χ0n) is 12.6. The van der Waals surface area contributed by atoms with E-state index in [0.29, 0.717) is 6.54 Å². The molecule has 21 heavy (non-hydrogen) atoms. The van der Waals surface area contributed by atoms with Gasteiger partial charge in [0, 0.05) is 6.54 Å². The molecule has 0 radical (unpaired) electrons. The van der Waals surface area contributed by atoms with E-state index in [-0.39, 0.29) is 12.3 Å². The first-order chi connectivity index (χ1) is 9.76. The summed E-state index contributed by atoms with van der Waals surface area (Å²) >= 11 is 0. The van der Waals surface area contributed by atoms with E-state index < -0.39 is 17.9 Å². The number of aliphatic hydroxyl groups excluding tert-OH is 1. The first-order valence-corrected chi connectivity index (χ1v) is 6.74. The smallest absolute Gasteiger partial charge is 0.409 e. The molecule has 2 amide bonds. The van der Waals surface area contributed by atoms with E-state index in [4.69, 9.17) is 4.74 Å². The van der Waals surface area contributed by atoms with Crippen molar-refractivity contribution in [1.29, 1.82) is 0 Å². The molecule has 1 atom stereocenters. The third-order valence-corrected chi connectivity index (χ3v) is 2.39. The minimum Gasteiger partial charge on any atom is -0.444 e. The molecule has 3 N–H and O–H groups in total. The minimum atomic E-state index is -1.28. The largest absolute Gasteiger partial charge is 0.444 e. The maximum absolute atomic E-state index is 11.6.